The van der Waals surface area contributed by atoms with Crippen molar-refractivity contribution < 1.29 is 28.2 Å². The molecular weight excluding hydrogens is 335 g/mol. The SMILES string of the molecule is O=C(O)C(F)(F)F.Oc1cc(CCN2CCCC2)c2ccccc2c1. The van der Waals surface area contributed by atoms with E-state index in [1.807, 2.05) is 18.2 Å². The topological polar surface area (TPSA) is 60.8 Å². The van der Waals surface area contributed by atoms with Crippen LogP contribution in [0.25, 0.3) is 10.8 Å². The molecule has 0 amide bonds. The minimum absolute atomic E-state index is 0.380. The molecule has 136 valence electrons. The first-order valence-electron chi connectivity index (χ1n) is 8.00. The van der Waals surface area contributed by atoms with Gasteiger partial charge in [-0.1, -0.05) is 24.3 Å². The van der Waals surface area contributed by atoms with E-state index >= 15 is 0 Å². The van der Waals surface area contributed by atoms with Gasteiger partial charge in [0.2, 0.25) is 0 Å². The first-order valence-corrected chi connectivity index (χ1v) is 8.00. The van der Waals surface area contributed by atoms with Crippen molar-refractivity contribution in [3.05, 3.63) is 42.0 Å². The molecule has 1 aliphatic rings. The van der Waals surface area contributed by atoms with Gasteiger partial charge in [-0.15, -0.1) is 0 Å². The summed E-state index contributed by atoms with van der Waals surface area (Å²) in [5, 5.41) is 19.3. The van der Waals surface area contributed by atoms with Gasteiger partial charge in [-0.2, -0.15) is 13.2 Å². The number of phenols is 1. The lowest BCUT2D eigenvalue weighted by Gasteiger charge is -2.15. The van der Waals surface area contributed by atoms with Gasteiger partial charge in [0.05, 0.1) is 0 Å². The number of halogens is 3. The fourth-order valence-corrected chi connectivity index (χ4v) is 2.86. The van der Waals surface area contributed by atoms with Crippen LogP contribution >= 0.6 is 0 Å². The van der Waals surface area contributed by atoms with E-state index in [1.165, 1.54) is 36.9 Å². The van der Waals surface area contributed by atoms with Crippen LogP contribution in [-0.2, 0) is 11.2 Å². The van der Waals surface area contributed by atoms with Gasteiger partial charge in [0.1, 0.15) is 5.75 Å². The van der Waals surface area contributed by atoms with E-state index in [9.17, 15) is 18.3 Å². The number of carbonyl (C=O) groups is 1. The van der Waals surface area contributed by atoms with E-state index in [1.54, 1.807) is 0 Å². The van der Waals surface area contributed by atoms with Gasteiger partial charge in [-0.3, -0.25) is 0 Å². The maximum Gasteiger partial charge on any atom is 0.490 e. The smallest absolute Gasteiger partial charge is 0.490 e. The number of hydrogen-bond acceptors (Lipinski definition) is 3. The highest BCUT2D eigenvalue weighted by molar-refractivity contribution is 5.87. The van der Waals surface area contributed by atoms with E-state index in [4.69, 9.17) is 9.90 Å². The number of nitrogens with zero attached hydrogens (tertiary/aromatic N) is 1. The highest BCUT2D eigenvalue weighted by atomic mass is 19.4. The molecule has 0 spiro atoms. The van der Waals surface area contributed by atoms with Crippen LogP contribution in [-0.4, -0.2) is 46.9 Å². The summed E-state index contributed by atoms with van der Waals surface area (Å²) in [4.78, 5) is 11.4. The average molecular weight is 355 g/mol. The highest BCUT2D eigenvalue weighted by Gasteiger charge is 2.38. The van der Waals surface area contributed by atoms with Gasteiger partial charge in [0, 0.05) is 6.54 Å². The molecule has 1 heterocycles. The molecule has 0 aliphatic carbocycles. The van der Waals surface area contributed by atoms with E-state index in [0.29, 0.717) is 5.75 Å². The monoisotopic (exact) mass is 355 g/mol. The molecule has 0 aromatic heterocycles. The number of carboxylic acids is 1. The number of benzene rings is 2. The van der Waals surface area contributed by atoms with Crippen LogP contribution in [0.4, 0.5) is 13.2 Å². The summed E-state index contributed by atoms with van der Waals surface area (Å²) in [5.41, 5.74) is 1.26. The zero-order valence-electron chi connectivity index (χ0n) is 13.6. The van der Waals surface area contributed by atoms with E-state index in [2.05, 4.69) is 23.1 Å². The predicted molar refractivity (Wildman–Crippen MR) is 88.7 cm³/mol. The van der Waals surface area contributed by atoms with Gasteiger partial charge in [-0.05, 0) is 60.8 Å². The van der Waals surface area contributed by atoms with Crippen molar-refractivity contribution in [3.63, 3.8) is 0 Å². The minimum Gasteiger partial charge on any atom is -0.508 e. The molecule has 3 rings (SSSR count). The van der Waals surface area contributed by atoms with E-state index in [-0.39, 0.29) is 0 Å². The Balaban J connectivity index is 0.000000277. The largest absolute Gasteiger partial charge is 0.508 e. The first kappa shape index (κ1) is 19.1. The number of alkyl halides is 3. The maximum atomic E-state index is 10.6. The van der Waals surface area contributed by atoms with Crippen LogP contribution in [0, 0.1) is 0 Å². The first-order chi connectivity index (χ1) is 11.8. The van der Waals surface area contributed by atoms with Gasteiger partial charge in [-0.25, -0.2) is 4.79 Å². The van der Waals surface area contributed by atoms with Crippen LogP contribution in [0.3, 0.4) is 0 Å². The number of aromatic hydroxyl groups is 1. The lowest BCUT2D eigenvalue weighted by atomic mass is 10.0. The van der Waals surface area contributed by atoms with Crippen LogP contribution < -0.4 is 0 Å². The van der Waals surface area contributed by atoms with Crippen molar-refractivity contribution in [3.8, 4) is 5.75 Å². The number of likely N-dealkylation sites (tertiary alicyclic amines) is 1. The molecule has 1 fully saturated rings. The highest BCUT2D eigenvalue weighted by Crippen LogP contribution is 2.25. The van der Waals surface area contributed by atoms with Crippen LogP contribution in [0.1, 0.15) is 18.4 Å². The van der Waals surface area contributed by atoms with Crippen molar-refractivity contribution in [2.24, 2.45) is 0 Å². The molecular formula is C18H20F3NO3. The fraction of sp³-hybridized carbons (Fsp3) is 0.389. The van der Waals surface area contributed by atoms with Crippen LogP contribution in [0.15, 0.2) is 36.4 Å². The molecule has 25 heavy (non-hydrogen) atoms. The molecule has 1 aliphatic heterocycles. The van der Waals surface area contributed by atoms with Gasteiger partial charge >= 0.3 is 12.1 Å². The molecule has 4 nitrogen and oxygen atoms in total. The Morgan fingerprint density at radius 2 is 1.72 bits per heavy atom. The number of fused-ring (bicyclic) bond motifs is 1. The molecule has 7 heteroatoms. The Kier molecular flexibility index (Phi) is 6.25. The van der Waals surface area contributed by atoms with Crippen molar-refractivity contribution in [1.82, 2.24) is 4.90 Å². The number of rotatable bonds is 3. The van der Waals surface area contributed by atoms with Crippen molar-refractivity contribution >= 4 is 16.7 Å². The van der Waals surface area contributed by atoms with Crippen molar-refractivity contribution in [2.75, 3.05) is 19.6 Å². The Hall–Kier alpha value is -2.28. The molecule has 0 unspecified atom stereocenters. The lowest BCUT2D eigenvalue weighted by Crippen LogP contribution is -2.21. The molecule has 2 aromatic carbocycles. The predicted octanol–water partition coefficient (Wildman–Crippen LogP) is 3.82. The summed E-state index contributed by atoms with van der Waals surface area (Å²) in [6, 6.07) is 12.1. The van der Waals surface area contributed by atoms with Gasteiger partial charge < -0.3 is 15.1 Å². The molecule has 0 saturated carbocycles. The second-order valence-corrected chi connectivity index (χ2v) is 5.93. The zero-order chi connectivity index (χ0) is 18.4. The van der Waals surface area contributed by atoms with E-state index < -0.39 is 12.1 Å². The standard InChI is InChI=1S/C16H19NO.C2HF3O2/c18-15-11-13-5-1-2-6-16(13)14(12-15)7-10-17-8-3-4-9-17;3-2(4,5)1(6)7/h1-2,5-6,11-12,18H,3-4,7-10H2;(H,6,7). The van der Waals surface area contributed by atoms with Crippen molar-refractivity contribution in [2.45, 2.75) is 25.4 Å². The summed E-state index contributed by atoms with van der Waals surface area (Å²) in [5.74, 6) is -2.38. The van der Waals surface area contributed by atoms with Crippen molar-refractivity contribution in [1.29, 1.82) is 0 Å². The average Bonchev–Trinajstić information content (AvgIpc) is 3.05. The summed E-state index contributed by atoms with van der Waals surface area (Å²) in [7, 11) is 0. The number of carboxylic acid groups (broad SMARTS) is 1. The molecule has 0 radical (unpaired) electrons. The number of hydrogen-bond donors (Lipinski definition) is 2. The molecule has 2 N–H and O–H groups in total. The third-order valence-electron chi connectivity index (χ3n) is 4.07. The Bertz CT molecular complexity index is 725. The Labute approximate surface area is 143 Å². The van der Waals surface area contributed by atoms with E-state index in [0.717, 1.165) is 18.4 Å². The Morgan fingerprint density at radius 1 is 1.12 bits per heavy atom. The third-order valence-corrected chi connectivity index (χ3v) is 4.07. The normalized spacial score (nSPS) is 15.0. The number of phenolic OH excluding ortho intramolecular Hbond substituents is 1. The van der Waals surface area contributed by atoms with Gasteiger partial charge in [0.25, 0.3) is 0 Å². The fourth-order valence-electron chi connectivity index (χ4n) is 2.86. The number of aliphatic carboxylic acids is 1. The van der Waals surface area contributed by atoms with Crippen LogP contribution in [0.2, 0.25) is 0 Å². The second kappa shape index (κ2) is 8.20. The summed E-state index contributed by atoms with van der Waals surface area (Å²) < 4.78 is 31.7. The summed E-state index contributed by atoms with van der Waals surface area (Å²) in [6.45, 7) is 3.57. The zero-order valence-corrected chi connectivity index (χ0v) is 13.6. The Morgan fingerprint density at radius 3 is 2.32 bits per heavy atom. The third kappa shape index (κ3) is 5.63. The second-order valence-electron chi connectivity index (χ2n) is 5.93. The molecule has 0 atom stereocenters. The minimum atomic E-state index is -5.08. The quantitative estimate of drug-likeness (QED) is 0.879. The summed E-state index contributed by atoms with van der Waals surface area (Å²) in [6.07, 6.45) is -1.39. The lowest BCUT2D eigenvalue weighted by molar-refractivity contribution is -0.192. The van der Waals surface area contributed by atoms with Gasteiger partial charge in [0.15, 0.2) is 0 Å². The molecule has 1 saturated heterocycles. The summed E-state index contributed by atoms with van der Waals surface area (Å²) >= 11 is 0. The maximum absolute atomic E-state index is 10.6. The molecule has 2 aromatic rings. The van der Waals surface area contributed by atoms with Crippen LogP contribution in [0.5, 0.6) is 5.75 Å². The molecule has 0 bridgehead atoms.